The van der Waals surface area contributed by atoms with Gasteiger partial charge in [0.25, 0.3) is 0 Å². The molecule has 0 fully saturated rings. The molecule has 0 amide bonds. The maximum Gasteiger partial charge on any atom is 0.335 e. The van der Waals surface area contributed by atoms with Crippen LogP contribution in [0.5, 0.6) is 0 Å². The molecule has 2 aromatic heterocycles. The summed E-state index contributed by atoms with van der Waals surface area (Å²) < 4.78 is 5.26. The molecule has 94 valence electrons. The lowest BCUT2D eigenvalue weighted by molar-refractivity contribution is 0.0697. The van der Waals surface area contributed by atoms with E-state index in [0.29, 0.717) is 24.0 Å². The Balaban J connectivity index is 2.11. The Morgan fingerprint density at radius 2 is 2.33 bits per heavy atom. The van der Waals surface area contributed by atoms with Crippen LogP contribution in [0.2, 0.25) is 5.15 Å². The fourth-order valence-electron chi connectivity index (χ4n) is 1.36. The van der Waals surface area contributed by atoms with E-state index in [0.717, 1.165) is 0 Å². The molecule has 0 radical (unpaired) electrons. The first-order chi connectivity index (χ1) is 8.54. The molecule has 2 rings (SSSR count). The van der Waals surface area contributed by atoms with Crippen molar-refractivity contribution >= 4 is 23.4 Å². The number of anilines is 1. The van der Waals surface area contributed by atoms with E-state index in [4.69, 9.17) is 21.1 Å². The Morgan fingerprint density at radius 3 is 2.94 bits per heavy atom. The van der Waals surface area contributed by atoms with E-state index < -0.39 is 5.97 Å². The average molecular weight is 268 g/mol. The third kappa shape index (κ3) is 2.98. The fourth-order valence-corrected chi connectivity index (χ4v) is 1.57. The highest BCUT2D eigenvalue weighted by Gasteiger charge is 2.08. The molecule has 0 aliphatic carbocycles. The van der Waals surface area contributed by atoms with Gasteiger partial charge in [-0.25, -0.2) is 14.8 Å². The summed E-state index contributed by atoms with van der Waals surface area (Å²) in [6, 6.07) is 2.67. The zero-order valence-electron chi connectivity index (χ0n) is 9.48. The molecule has 0 saturated carbocycles. The second kappa shape index (κ2) is 5.05. The summed E-state index contributed by atoms with van der Waals surface area (Å²) in [5, 5.41) is 11.9. The Labute approximate surface area is 108 Å². The maximum absolute atomic E-state index is 10.8. The van der Waals surface area contributed by atoms with Crippen LogP contribution in [0.4, 0.5) is 5.82 Å². The first-order valence-corrected chi connectivity index (χ1v) is 5.48. The number of pyridine rings is 1. The Morgan fingerprint density at radius 1 is 1.56 bits per heavy atom. The lowest BCUT2D eigenvalue weighted by atomic mass is 10.2. The predicted octanol–water partition coefficient (Wildman–Crippen LogP) is 2.34. The number of rotatable bonds is 4. The average Bonchev–Trinajstić information content (AvgIpc) is 2.72. The number of nitrogens with one attached hydrogen (secondary N) is 1. The smallest absolute Gasteiger partial charge is 0.335 e. The molecule has 6 nitrogen and oxygen atoms in total. The summed E-state index contributed by atoms with van der Waals surface area (Å²) >= 11 is 5.73. The van der Waals surface area contributed by atoms with Gasteiger partial charge >= 0.3 is 5.97 Å². The molecular formula is C11H10ClN3O3. The first kappa shape index (κ1) is 12.4. The molecule has 0 atom stereocenters. The summed E-state index contributed by atoms with van der Waals surface area (Å²) in [6.07, 6.45) is 1.60. The third-order valence-corrected chi connectivity index (χ3v) is 2.32. The Kier molecular flexibility index (Phi) is 3.47. The molecule has 0 aliphatic heterocycles. The summed E-state index contributed by atoms with van der Waals surface area (Å²) in [5.74, 6) is 0.494. The van der Waals surface area contributed by atoms with Crippen molar-refractivity contribution in [3.8, 4) is 0 Å². The molecule has 0 unspecified atom stereocenters. The van der Waals surface area contributed by atoms with E-state index >= 15 is 0 Å². The third-order valence-electron chi connectivity index (χ3n) is 2.13. The van der Waals surface area contributed by atoms with Crippen LogP contribution in [0.15, 0.2) is 22.7 Å². The number of carboxylic acid groups (broad SMARTS) is 1. The van der Waals surface area contributed by atoms with Crippen LogP contribution in [0.1, 0.15) is 22.0 Å². The van der Waals surface area contributed by atoms with Gasteiger partial charge in [-0.2, -0.15) is 0 Å². The number of aromatic carboxylic acids is 1. The summed E-state index contributed by atoms with van der Waals surface area (Å²) in [5.41, 5.74) is 0.0704. The van der Waals surface area contributed by atoms with E-state index in [9.17, 15) is 4.79 Å². The fraction of sp³-hybridized carbons (Fsp3) is 0.182. The Bertz CT molecular complexity index is 583. The highest BCUT2D eigenvalue weighted by molar-refractivity contribution is 6.29. The van der Waals surface area contributed by atoms with Crippen molar-refractivity contribution in [1.29, 1.82) is 0 Å². The van der Waals surface area contributed by atoms with Crippen LogP contribution in [-0.2, 0) is 6.54 Å². The minimum Gasteiger partial charge on any atom is -0.478 e. The molecule has 2 aromatic rings. The molecule has 2 N–H and O–H groups in total. The zero-order chi connectivity index (χ0) is 13.1. The van der Waals surface area contributed by atoms with E-state index in [2.05, 4.69) is 15.3 Å². The van der Waals surface area contributed by atoms with E-state index in [1.807, 2.05) is 0 Å². The quantitative estimate of drug-likeness (QED) is 0.827. The van der Waals surface area contributed by atoms with Gasteiger partial charge in [0.05, 0.1) is 18.3 Å². The predicted molar refractivity (Wildman–Crippen MR) is 64.8 cm³/mol. The van der Waals surface area contributed by atoms with Crippen LogP contribution < -0.4 is 5.32 Å². The van der Waals surface area contributed by atoms with Crippen LogP contribution in [-0.4, -0.2) is 21.0 Å². The number of hydrogen-bond acceptors (Lipinski definition) is 5. The lowest BCUT2D eigenvalue weighted by Gasteiger charge is -2.04. The highest BCUT2D eigenvalue weighted by atomic mass is 35.5. The minimum absolute atomic E-state index is 0.0704. The van der Waals surface area contributed by atoms with E-state index in [1.165, 1.54) is 12.1 Å². The van der Waals surface area contributed by atoms with Crippen molar-refractivity contribution in [1.82, 2.24) is 9.97 Å². The maximum atomic E-state index is 10.8. The number of nitrogens with zero attached hydrogens (tertiary/aromatic N) is 2. The monoisotopic (exact) mass is 267 g/mol. The number of halogens is 1. The molecule has 0 saturated heterocycles. The molecule has 0 aromatic carbocycles. The molecule has 7 heteroatoms. The van der Waals surface area contributed by atoms with Gasteiger partial charge < -0.3 is 14.8 Å². The van der Waals surface area contributed by atoms with Crippen molar-refractivity contribution in [2.24, 2.45) is 0 Å². The van der Waals surface area contributed by atoms with Gasteiger partial charge in [0.2, 0.25) is 5.89 Å². The standard InChI is InChI=1S/C11H10ClN3O3/c1-6-4-14-10(18-6)5-13-9-3-7(11(16)17)2-8(12)15-9/h2-4H,5H2,1H3,(H,13,15)(H,16,17). The van der Waals surface area contributed by atoms with E-state index in [-0.39, 0.29) is 10.7 Å². The van der Waals surface area contributed by atoms with Gasteiger partial charge in [-0.3, -0.25) is 0 Å². The van der Waals surface area contributed by atoms with Crippen molar-refractivity contribution in [2.75, 3.05) is 5.32 Å². The van der Waals surface area contributed by atoms with Crippen LogP contribution >= 0.6 is 11.6 Å². The normalized spacial score (nSPS) is 10.3. The lowest BCUT2D eigenvalue weighted by Crippen LogP contribution is -2.04. The highest BCUT2D eigenvalue weighted by Crippen LogP contribution is 2.15. The first-order valence-electron chi connectivity index (χ1n) is 5.10. The SMILES string of the molecule is Cc1cnc(CNc2cc(C(=O)O)cc(Cl)n2)o1. The number of carboxylic acids is 1. The molecule has 0 bridgehead atoms. The van der Waals surface area contributed by atoms with Gasteiger partial charge in [0.1, 0.15) is 16.7 Å². The second-order valence-corrected chi connectivity index (χ2v) is 3.97. The van der Waals surface area contributed by atoms with Gasteiger partial charge in [-0.1, -0.05) is 11.6 Å². The largest absolute Gasteiger partial charge is 0.478 e. The molecule has 18 heavy (non-hydrogen) atoms. The van der Waals surface area contributed by atoms with Gasteiger partial charge in [0, 0.05) is 0 Å². The molecule has 0 spiro atoms. The second-order valence-electron chi connectivity index (χ2n) is 3.59. The minimum atomic E-state index is -1.06. The molecule has 2 heterocycles. The number of oxazole rings is 1. The number of hydrogen-bond donors (Lipinski definition) is 2. The summed E-state index contributed by atoms with van der Waals surface area (Å²) in [6.45, 7) is 2.09. The van der Waals surface area contributed by atoms with Crippen molar-refractivity contribution in [2.45, 2.75) is 13.5 Å². The Hall–Kier alpha value is -2.08. The van der Waals surface area contributed by atoms with Crippen LogP contribution in [0.25, 0.3) is 0 Å². The number of carbonyl (C=O) groups is 1. The van der Waals surface area contributed by atoms with Crippen LogP contribution in [0, 0.1) is 6.92 Å². The van der Waals surface area contributed by atoms with Gasteiger partial charge in [-0.05, 0) is 19.1 Å². The summed E-state index contributed by atoms with van der Waals surface area (Å²) in [4.78, 5) is 18.8. The van der Waals surface area contributed by atoms with E-state index in [1.54, 1.807) is 13.1 Å². The topological polar surface area (TPSA) is 88.2 Å². The van der Waals surface area contributed by atoms with Gasteiger partial charge in [-0.15, -0.1) is 0 Å². The van der Waals surface area contributed by atoms with Crippen molar-refractivity contribution in [3.05, 3.63) is 40.7 Å². The summed E-state index contributed by atoms with van der Waals surface area (Å²) in [7, 11) is 0. The van der Waals surface area contributed by atoms with Crippen molar-refractivity contribution in [3.63, 3.8) is 0 Å². The zero-order valence-corrected chi connectivity index (χ0v) is 10.2. The molecular weight excluding hydrogens is 258 g/mol. The van der Waals surface area contributed by atoms with Crippen molar-refractivity contribution < 1.29 is 14.3 Å². The van der Waals surface area contributed by atoms with Crippen LogP contribution in [0.3, 0.4) is 0 Å². The number of aromatic nitrogens is 2. The number of aryl methyl sites for hydroxylation is 1. The molecule has 0 aliphatic rings. The van der Waals surface area contributed by atoms with Gasteiger partial charge in [0.15, 0.2) is 0 Å².